The third-order valence-electron chi connectivity index (χ3n) is 4.03. The molecule has 0 aliphatic rings. The van der Waals surface area contributed by atoms with E-state index in [1.165, 1.54) is 12.0 Å². The lowest BCUT2D eigenvalue weighted by Gasteiger charge is -2.17. The van der Waals surface area contributed by atoms with Crippen molar-refractivity contribution in [3.8, 4) is 0 Å². The molecule has 0 aliphatic carbocycles. The summed E-state index contributed by atoms with van der Waals surface area (Å²) < 4.78 is 4.71. The first kappa shape index (κ1) is 20.1. The first-order valence-electron chi connectivity index (χ1n) is 8.83. The Hall–Kier alpha value is -3.22. The lowest BCUT2D eigenvalue weighted by Crippen LogP contribution is -2.26. The average Bonchev–Trinajstić information content (AvgIpc) is 3.15. The maximum atomic E-state index is 12.5. The Balaban J connectivity index is 0.00000126. The molecule has 0 spiro atoms. The van der Waals surface area contributed by atoms with Crippen molar-refractivity contribution >= 4 is 28.6 Å². The van der Waals surface area contributed by atoms with E-state index in [2.05, 4.69) is 15.2 Å². The fourth-order valence-electron chi connectivity index (χ4n) is 2.60. The zero-order chi connectivity index (χ0) is 19.8. The summed E-state index contributed by atoms with van der Waals surface area (Å²) in [4.78, 5) is 29.8. The number of pyridine rings is 1. The third-order valence-corrected chi connectivity index (χ3v) is 4.03. The fraction of sp³-hybridized carbons (Fsp3) is 0.300. The number of aromatic nitrogens is 3. The number of benzene rings is 1. The van der Waals surface area contributed by atoms with E-state index in [4.69, 9.17) is 4.74 Å². The van der Waals surface area contributed by atoms with Gasteiger partial charge in [-0.25, -0.2) is 9.78 Å². The summed E-state index contributed by atoms with van der Waals surface area (Å²) in [5.74, 6) is -0.493. The van der Waals surface area contributed by atoms with Crippen LogP contribution < -0.4 is 4.90 Å². The van der Waals surface area contributed by atoms with Crippen LogP contribution in [0.1, 0.15) is 36.3 Å². The van der Waals surface area contributed by atoms with Gasteiger partial charge in [0.1, 0.15) is 0 Å². The molecule has 142 valence electrons. The van der Waals surface area contributed by atoms with Gasteiger partial charge < -0.3 is 9.64 Å². The van der Waals surface area contributed by atoms with Crippen LogP contribution >= 0.6 is 0 Å². The molecule has 1 N–H and O–H groups in total. The van der Waals surface area contributed by atoms with Gasteiger partial charge >= 0.3 is 5.97 Å². The minimum atomic E-state index is -0.431. The van der Waals surface area contributed by atoms with Crippen LogP contribution in [-0.2, 0) is 16.0 Å². The number of nitrogens with one attached hydrogen (secondary N) is 1. The van der Waals surface area contributed by atoms with Gasteiger partial charge in [-0.15, -0.1) is 0 Å². The average molecular weight is 368 g/mol. The van der Waals surface area contributed by atoms with Gasteiger partial charge in [-0.2, -0.15) is 5.10 Å². The number of esters is 1. The predicted octanol–water partition coefficient (Wildman–Crippen LogP) is 3.37. The van der Waals surface area contributed by atoms with Gasteiger partial charge in [-0.1, -0.05) is 19.9 Å². The van der Waals surface area contributed by atoms with E-state index in [1.54, 1.807) is 37.5 Å². The highest BCUT2D eigenvalue weighted by atomic mass is 16.5. The number of carbonyl (C=O) groups excluding carboxylic acids is 2. The molecular weight excluding hydrogens is 344 g/mol. The van der Waals surface area contributed by atoms with Crippen LogP contribution in [0, 0.1) is 0 Å². The summed E-state index contributed by atoms with van der Waals surface area (Å²) >= 11 is 0. The Morgan fingerprint density at radius 2 is 1.96 bits per heavy atom. The van der Waals surface area contributed by atoms with Gasteiger partial charge in [0, 0.05) is 36.4 Å². The highest BCUT2D eigenvalue weighted by Crippen LogP contribution is 2.18. The molecule has 0 fully saturated rings. The van der Waals surface area contributed by atoms with Crippen LogP contribution in [0.4, 0.5) is 5.69 Å². The molecule has 1 aromatic carbocycles. The summed E-state index contributed by atoms with van der Waals surface area (Å²) in [6.07, 6.45) is 2.52. The van der Waals surface area contributed by atoms with Gasteiger partial charge in [0.05, 0.1) is 12.7 Å². The summed E-state index contributed by atoms with van der Waals surface area (Å²) in [6, 6.07) is 10.6. The van der Waals surface area contributed by atoms with Crippen LogP contribution in [0.15, 0.2) is 42.6 Å². The van der Waals surface area contributed by atoms with E-state index in [-0.39, 0.29) is 5.91 Å². The third kappa shape index (κ3) is 4.69. The van der Waals surface area contributed by atoms with Gasteiger partial charge in [0.2, 0.25) is 5.91 Å². The van der Waals surface area contributed by atoms with Crippen LogP contribution in [-0.4, -0.2) is 41.2 Å². The van der Waals surface area contributed by atoms with Crippen molar-refractivity contribution < 1.29 is 14.3 Å². The second-order valence-corrected chi connectivity index (χ2v) is 5.57. The first-order chi connectivity index (χ1) is 13.1. The minimum Gasteiger partial charge on any atom is -0.465 e. The van der Waals surface area contributed by atoms with E-state index in [0.717, 1.165) is 11.1 Å². The summed E-state index contributed by atoms with van der Waals surface area (Å²) in [5, 5.41) is 7.98. The Morgan fingerprint density at radius 1 is 1.19 bits per heavy atom. The SMILES string of the molecule is CC.COC(=O)c1cccc(N(C)C(=O)CCc2[nH]nc3ncccc23)c1. The normalized spacial score (nSPS) is 10.1. The number of rotatable bonds is 5. The van der Waals surface area contributed by atoms with Crippen molar-refractivity contribution in [2.45, 2.75) is 26.7 Å². The van der Waals surface area contributed by atoms with E-state index >= 15 is 0 Å². The molecule has 0 saturated carbocycles. The quantitative estimate of drug-likeness (QED) is 0.698. The van der Waals surface area contributed by atoms with Gasteiger partial charge in [0.15, 0.2) is 5.65 Å². The van der Waals surface area contributed by atoms with Crippen LogP contribution in [0.5, 0.6) is 0 Å². The molecule has 7 nitrogen and oxygen atoms in total. The summed E-state index contributed by atoms with van der Waals surface area (Å²) in [6.45, 7) is 4.00. The maximum absolute atomic E-state index is 12.5. The zero-order valence-electron chi connectivity index (χ0n) is 16.0. The highest BCUT2D eigenvalue weighted by Gasteiger charge is 2.15. The fourth-order valence-corrected chi connectivity index (χ4v) is 2.60. The molecule has 0 aliphatic heterocycles. The molecule has 3 aromatic rings. The van der Waals surface area contributed by atoms with Crippen LogP contribution in [0.3, 0.4) is 0 Å². The number of nitrogens with zero attached hydrogens (tertiary/aromatic N) is 3. The van der Waals surface area contributed by atoms with Crippen molar-refractivity contribution in [3.63, 3.8) is 0 Å². The van der Waals surface area contributed by atoms with E-state index < -0.39 is 5.97 Å². The van der Waals surface area contributed by atoms with Crippen LogP contribution in [0.25, 0.3) is 11.0 Å². The smallest absolute Gasteiger partial charge is 0.337 e. The van der Waals surface area contributed by atoms with Gasteiger partial charge in [0.25, 0.3) is 0 Å². The largest absolute Gasteiger partial charge is 0.465 e. The molecule has 0 radical (unpaired) electrons. The number of anilines is 1. The molecule has 0 bridgehead atoms. The van der Waals surface area contributed by atoms with E-state index in [9.17, 15) is 9.59 Å². The van der Waals surface area contributed by atoms with Crippen LogP contribution in [0.2, 0.25) is 0 Å². The molecule has 0 unspecified atom stereocenters. The number of fused-ring (bicyclic) bond motifs is 1. The lowest BCUT2D eigenvalue weighted by atomic mass is 10.1. The number of aryl methyl sites for hydroxylation is 1. The lowest BCUT2D eigenvalue weighted by molar-refractivity contribution is -0.118. The monoisotopic (exact) mass is 368 g/mol. The Bertz CT molecular complexity index is 920. The molecule has 1 amide bonds. The van der Waals surface area contributed by atoms with Crippen molar-refractivity contribution in [2.24, 2.45) is 0 Å². The molecule has 7 heteroatoms. The summed E-state index contributed by atoms with van der Waals surface area (Å²) in [5.41, 5.74) is 2.58. The standard InChI is InChI=1S/C18H18N4O3.C2H6/c1-22(13-6-3-5-12(11-13)18(24)25-2)16(23)9-8-15-14-7-4-10-19-17(14)21-20-15;1-2/h3-7,10-11H,8-9H2,1-2H3,(H,19,20,21);1-2H3. The molecule has 3 rings (SSSR count). The Kier molecular flexibility index (Phi) is 7.05. The number of amides is 1. The predicted molar refractivity (Wildman–Crippen MR) is 105 cm³/mol. The number of H-pyrrole nitrogens is 1. The number of hydrogen-bond acceptors (Lipinski definition) is 5. The van der Waals surface area contributed by atoms with Gasteiger partial charge in [-0.05, 0) is 36.8 Å². The van der Waals surface area contributed by atoms with E-state index in [0.29, 0.717) is 29.7 Å². The number of ether oxygens (including phenoxy) is 1. The molecule has 0 atom stereocenters. The van der Waals surface area contributed by atoms with Crippen molar-refractivity contribution in [1.29, 1.82) is 0 Å². The van der Waals surface area contributed by atoms with Crippen molar-refractivity contribution in [2.75, 3.05) is 19.1 Å². The Labute approximate surface area is 158 Å². The number of carbonyl (C=O) groups is 2. The minimum absolute atomic E-state index is 0.0614. The number of aromatic amines is 1. The number of methoxy groups -OCH3 is 1. The van der Waals surface area contributed by atoms with Crippen molar-refractivity contribution in [3.05, 3.63) is 53.9 Å². The topological polar surface area (TPSA) is 88.2 Å². The maximum Gasteiger partial charge on any atom is 0.337 e. The number of hydrogen-bond donors (Lipinski definition) is 1. The van der Waals surface area contributed by atoms with Gasteiger partial charge in [-0.3, -0.25) is 9.89 Å². The second kappa shape index (κ2) is 9.47. The molecule has 27 heavy (non-hydrogen) atoms. The zero-order valence-corrected chi connectivity index (χ0v) is 16.0. The second-order valence-electron chi connectivity index (χ2n) is 5.57. The Morgan fingerprint density at radius 3 is 2.70 bits per heavy atom. The van der Waals surface area contributed by atoms with Crippen molar-refractivity contribution in [1.82, 2.24) is 15.2 Å². The first-order valence-corrected chi connectivity index (χ1v) is 8.83. The molecule has 0 saturated heterocycles. The molecule has 2 aromatic heterocycles. The van der Waals surface area contributed by atoms with E-state index in [1.807, 2.05) is 26.0 Å². The summed E-state index contributed by atoms with van der Waals surface area (Å²) in [7, 11) is 3.01. The molecular formula is C20H24N4O3. The molecule has 2 heterocycles. The highest BCUT2D eigenvalue weighted by molar-refractivity contribution is 5.96.